The Morgan fingerprint density at radius 3 is 2.15 bits per heavy atom. The zero-order chi connectivity index (χ0) is 23.6. The molecule has 1 aromatic heterocycles. The van der Waals surface area contributed by atoms with E-state index in [-0.39, 0.29) is 11.1 Å². The molecule has 0 unspecified atom stereocenters. The fourth-order valence-corrected chi connectivity index (χ4v) is 3.47. The fraction of sp³-hybridized carbons (Fsp3) is 0.0417. The molecule has 5 nitrogen and oxygen atoms in total. The summed E-state index contributed by atoms with van der Waals surface area (Å²) in [5.41, 5.74) is 5.50. The molecule has 4 rings (SSSR count). The first kappa shape index (κ1) is 22.3. The van der Waals surface area contributed by atoms with Gasteiger partial charge in [0.1, 0.15) is 0 Å². The predicted octanol–water partition coefficient (Wildman–Crippen LogP) is 5.65. The van der Waals surface area contributed by atoms with Gasteiger partial charge in [-0.2, -0.15) is 13.2 Å². The van der Waals surface area contributed by atoms with Crippen molar-refractivity contribution < 1.29 is 22.8 Å². The number of carbonyl (C=O) groups is 2. The van der Waals surface area contributed by atoms with E-state index in [1.165, 1.54) is 0 Å². The van der Waals surface area contributed by atoms with Gasteiger partial charge >= 0.3 is 6.18 Å². The first-order valence-electron chi connectivity index (χ1n) is 9.66. The number of pyridine rings is 1. The zero-order valence-electron chi connectivity index (χ0n) is 16.8. The lowest BCUT2D eigenvalue weighted by Crippen LogP contribution is -2.41. The van der Waals surface area contributed by atoms with Crippen molar-refractivity contribution in [2.75, 3.05) is 0 Å². The molecule has 33 heavy (non-hydrogen) atoms. The highest BCUT2D eigenvalue weighted by Gasteiger charge is 2.30. The fourth-order valence-electron chi connectivity index (χ4n) is 3.23. The van der Waals surface area contributed by atoms with Gasteiger partial charge in [0.05, 0.1) is 22.3 Å². The number of hydrogen-bond acceptors (Lipinski definition) is 3. The highest BCUT2D eigenvalue weighted by Crippen LogP contribution is 2.30. The third-order valence-corrected chi connectivity index (χ3v) is 5.20. The van der Waals surface area contributed by atoms with E-state index in [1.807, 2.05) is 0 Å². The summed E-state index contributed by atoms with van der Waals surface area (Å²) in [6.45, 7) is 0. The number of para-hydroxylation sites is 1. The van der Waals surface area contributed by atoms with E-state index >= 15 is 0 Å². The standard InChI is InChI=1S/C24H15ClF3N3O2/c25-19-7-3-1-6-17(19)21-13-18(16-5-2-4-8-20(16)29-21)23(33)31-30-22(32)14-9-11-15(12-10-14)24(26,27)28/h1-13H,(H,30,32)(H,31,33). The number of aromatic nitrogens is 1. The first-order chi connectivity index (χ1) is 15.7. The smallest absolute Gasteiger partial charge is 0.267 e. The molecule has 0 atom stereocenters. The molecule has 0 bridgehead atoms. The molecular weight excluding hydrogens is 455 g/mol. The van der Waals surface area contributed by atoms with Gasteiger partial charge in [-0.3, -0.25) is 20.4 Å². The zero-order valence-corrected chi connectivity index (χ0v) is 17.5. The summed E-state index contributed by atoms with van der Waals surface area (Å²) in [6, 6.07) is 19.2. The van der Waals surface area contributed by atoms with Crippen LogP contribution < -0.4 is 10.9 Å². The molecule has 9 heteroatoms. The van der Waals surface area contributed by atoms with Crippen LogP contribution in [0.3, 0.4) is 0 Å². The van der Waals surface area contributed by atoms with Crippen LogP contribution in [-0.4, -0.2) is 16.8 Å². The summed E-state index contributed by atoms with van der Waals surface area (Å²) in [4.78, 5) is 29.8. The van der Waals surface area contributed by atoms with Gasteiger partial charge in [0.2, 0.25) is 0 Å². The molecule has 4 aromatic rings. The van der Waals surface area contributed by atoms with Gasteiger partial charge in [0.15, 0.2) is 0 Å². The highest BCUT2D eigenvalue weighted by molar-refractivity contribution is 6.33. The van der Waals surface area contributed by atoms with E-state index < -0.39 is 23.6 Å². The van der Waals surface area contributed by atoms with Crippen molar-refractivity contribution in [1.82, 2.24) is 15.8 Å². The molecule has 0 radical (unpaired) electrons. The number of benzene rings is 3. The maximum Gasteiger partial charge on any atom is 0.416 e. The number of halogens is 4. The molecule has 2 amide bonds. The van der Waals surface area contributed by atoms with Crippen LogP contribution in [0.2, 0.25) is 5.02 Å². The van der Waals surface area contributed by atoms with Gasteiger partial charge < -0.3 is 0 Å². The van der Waals surface area contributed by atoms with Gasteiger partial charge in [-0.25, -0.2) is 4.98 Å². The number of hydrogen-bond donors (Lipinski definition) is 2. The quantitative estimate of drug-likeness (QED) is 0.381. The second-order valence-corrected chi connectivity index (χ2v) is 7.44. The van der Waals surface area contributed by atoms with Crippen LogP contribution in [0, 0.1) is 0 Å². The van der Waals surface area contributed by atoms with Crippen molar-refractivity contribution in [3.63, 3.8) is 0 Å². The van der Waals surface area contributed by atoms with Crippen LogP contribution >= 0.6 is 11.6 Å². The predicted molar refractivity (Wildman–Crippen MR) is 119 cm³/mol. The Morgan fingerprint density at radius 2 is 1.45 bits per heavy atom. The van der Waals surface area contributed by atoms with Crippen molar-refractivity contribution >= 4 is 34.3 Å². The number of rotatable bonds is 3. The van der Waals surface area contributed by atoms with E-state index in [2.05, 4.69) is 15.8 Å². The Kier molecular flexibility index (Phi) is 6.02. The molecule has 1 heterocycles. The summed E-state index contributed by atoms with van der Waals surface area (Å²) < 4.78 is 38.1. The lowest BCUT2D eigenvalue weighted by atomic mass is 10.0. The molecule has 3 aromatic carbocycles. The summed E-state index contributed by atoms with van der Waals surface area (Å²) in [5, 5.41) is 1.01. The Morgan fingerprint density at radius 1 is 0.818 bits per heavy atom. The Balaban J connectivity index is 1.59. The van der Waals surface area contributed by atoms with Crippen LogP contribution in [0.4, 0.5) is 13.2 Å². The number of alkyl halides is 3. The lowest BCUT2D eigenvalue weighted by molar-refractivity contribution is -0.137. The van der Waals surface area contributed by atoms with E-state index in [1.54, 1.807) is 54.6 Å². The van der Waals surface area contributed by atoms with E-state index in [0.29, 0.717) is 27.2 Å². The maximum absolute atomic E-state index is 12.9. The Labute approximate surface area is 191 Å². The van der Waals surface area contributed by atoms with Gasteiger partial charge in [-0.05, 0) is 42.5 Å². The lowest BCUT2D eigenvalue weighted by Gasteiger charge is -2.12. The van der Waals surface area contributed by atoms with E-state index in [9.17, 15) is 22.8 Å². The largest absolute Gasteiger partial charge is 0.416 e. The monoisotopic (exact) mass is 469 g/mol. The van der Waals surface area contributed by atoms with Crippen LogP contribution in [0.1, 0.15) is 26.3 Å². The highest BCUT2D eigenvalue weighted by atomic mass is 35.5. The number of nitrogens with zero attached hydrogens (tertiary/aromatic N) is 1. The van der Waals surface area contributed by atoms with Gasteiger partial charge in [-0.1, -0.05) is 48.0 Å². The molecule has 166 valence electrons. The van der Waals surface area contributed by atoms with E-state index in [0.717, 1.165) is 24.3 Å². The second kappa shape index (κ2) is 8.91. The number of nitrogens with one attached hydrogen (secondary N) is 2. The molecule has 0 saturated heterocycles. The molecule has 0 spiro atoms. The van der Waals surface area contributed by atoms with Crippen molar-refractivity contribution in [3.05, 3.63) is 101 Å². The second-order valence-electron chi connectivity index (χ2n) is 7.04. The number of fused-ring (bicyclic) bond motifs is 1. The Hall–Kier alpha value is -3.91. The molecule has 0 saturated carbocycles. The molecular formula is C24H15ClF3N3O2. The van der Waals surface area contributed by atoms with E-state index in [4.69, 9.17) is 11.6 Å². The summed E-state index contributed by atoms with van der Waals surface area (Å²) >= 11 is 6.28. The maximum atomic E-state index is 12.9. The molecule has 0 aliphatic heterocycles. The number of carbonyl (C=O) groups excluding carboxylic acids is 2. The van der Waals surface area contributed by atoms with Crippen LogP contribution in [-0.2, 0) is 6.18 Å². The van der Waals surface area contributed by atoms with Crippen LogP contribution in [0.15, 0.2) is 78.9 Å². The van der Waals surface area contributed by atoms with Gasteiger partial charge in [0, 0.05) is 21.5 Å². The van der Waals surface area contributed by atoms with Crippen LogP contribution in [0.25, 0.3) is 22.2 Å². The SMILES string of the molecule is O=C(NNC(=O)c1cc(-c2ccccc2Cl)nc2ccccc12)c1ccc(C(F)(F)F)cc1. The van der Waals surface area contributed by atoms with Crippen LogP contribution in [0.5, 0.6) is 0 Å². The summed E-state index contributed by atoms with van der Waals surface area (Å²) in [7, 11) is 0. The molecule has 0 aliphatic carbocycles. The van der Waals surface area contributed by atoms with Gasteiger partial charge in [-0.15, -0.1) is 0 Å². The van der Waals surface area contributed by atoms with Crippen molar-refractivity contribution in [2.45, 2.75) is 6.18 Å². The average molecular weight is 470 g/mol. The summed E-state index contributed by atoms with van der Waals surface area (Å²) in [5.74, 6) is -1.39. The topological polar surface area (TPSA) is 71.1 Å². The Bertz CT molecular complexity index is 1360. The number of hydrazine groups is 1. The minimum absolute atomic E-state index is 0.0420. The first-order valence-corrected chi connectivity index (χ1v) is 10.0. The summed E-state index contributed by atoms with van der Waals surface area (Å²) in [6.07, 6.45) is -4.51. The minimum atomic E-state index is -4.51. The molecule has 2 N–H and O–H groups in total. The van der Waals surface area contributed by atoms with Crippen molar-refractivity contribution in [2.24, 2.45) is 0 Å². The third-order valence-electron chi connectivity index (χ3n) is 4.87. The number of amides is 2. The van der Waals surface area contributed by atoms with Crippen molar-refractivity contribution in [3.8, 4) is 11.3 Å². The van der Waals surface area contributed by atoms with Gasteiger partial charge in [0.25, 0.3) is 11.8 Å². The minimum Gasteiger partial charge on any atom is -0.267 e. The third kappa shape index (κ3) is 4.80. The molecule has 0 fully saturated rings. The molecule has 0 aliphatic rings. The normalized spacial score (nSPS) is 11.3. The van der Waals surface area contributed by atoms with Crippen molar-refractivity contribution in [1.29, 1.82) is 0 Å². The average Bonchev–Trinajstić information content (AvgIpc) is 2.81.